The van der Waals surface area contributed by atoms with Gasteiger partial charge in [0.2, 0.25) is 0 Å². The highest BCUT2D eigenvalue weighted by Gasteiger charge is 2.09. The van der Waals surface area contributed by atoms with E-state index in [4.69, 9.17) is 0 Å². The second kappa shape index (κ2) is 7.04. The average Bonchev–Trinajstić information content (AvgIpc) is 2.77. The first-order chi connectivity index (χ1) is 7.76. The topological polar surface area (TPSA) is 49.3 Å². The molecule has 1 aromatic rings. The van der Waals surface area contributed by atoms with E-state index < -0.39 is 0 Å². The zero-order chi connectivity index (χ0) is 11.8. The monoisotopic (exact) mass is 237 g/mol. The summed E-state index contributed by atoms with van der Waals surface area (Å²) in [6.07, 6.45) is 0.778. The molecule has 0 radical (unpaired) electrons. The molecule has 0 saturated carbocycles. The molecule has 1 amide bonds. The lowest BCUT2D eigenvalue weighted by Crippen LogP contribution is -2.30. The molecule has 1 unspecified atom stereocenters. The second-order valence-electron chi connectivity index (χ2n) is 3.47. The Morgan fingerprint density at radius 3 is 3.06 bits per heavy atom. The first-order valence-corrected chi connectivity index (χ1v) is 6.03. The van der Waals surface area contributed by atoms with E-state index in [-0.39, 0.29) is 18.4 Å². The standard InChI is InChI=1S/C12H15NO2S/c1-2-3-12(15)13-7-11(8-14)6-10-4-5-16-9-10/h4-5,9,11,14H,6-8H2,1H3,(H,13,15). The van der Waals surface area contributed by atoms with Crippen molar-refractivity contribution in [1.29, 1.82) is 0 Å². The van der Waals surface area contributed by atoms with Crippen LogP contribution in [0.25, 0.3) is 0 Å². The van der Waals surface area contributed by atoms with Gasteiger partial charge in [-0.15, -0.1) is 0 Å². The maximum Gasteiger partial charge on any atom is 0.295 e. The van der Waals surface area contributed by atoms with Crippen LogP contribution in [0.4, 0.5) is 0 Å². The number of rotatable bonds is 5. The molecule has 0 fully saturated rings. The van der Waals surface area contributed by atoms with Crippen LogP contribution < -0.4 is 5.32 Å². The van der Waals surface area contributed by atoms with Gasteiger partial charge < -0.3 is 10.4 Å². The third-order valence-electron chi connectivity index (χ3n) is 2.15. The van der Waals surface area contributed by atoms with E-state index in [1.54, 1.807) is 18.3 Å². The van der Waals surface area contributed by atoms with Crippen molar-refractivity contribution >= 4 is 17.2 Å². The molecule has 16 heavy (non-hydrogen) atoms. The third-order valence-corrected chi connectivity index (χ3v) is 2.88. The largest absolute Gasteiger partial charge is 0.396 e. The van der Waals surface area contributed by atoms with Crippen molar-refractivity contribution in [3.8, 4) is 11.8 Å². The number of carbonyl (C=O) groups is 1. The van der Waals surface area contributed by atoms with Crippen LogP contribution in [0.3, 0.4) is 0 Å². The number of thiophene rings is 1. The van der Waals surface area contributed by atoms with Crippen LogP contribution in [-0.4, -0.2) is 24.2 Å². The Kier molecular flexibility index (Phi) is 5.62. The van der Waals surface area contributed by atoms with Gasteiger partial charge in [-0.3, -0.25) is 4.79 Å². The highest BCUT2D eigenvalue weighted by Crippen LogP contribution is 2.11. The Bertz CT molecular complexity index is 375. The average molecular weight is 237 g/mol. The summed E-state index contributed by atoms with van der Waals surface area (Å²) in [6.45, 7) is 2.14. The fraction of sp³-hybridized carbons (Fsp3) is 0.417. The molecule has 0 spiro atoms. The van der Waals surface area contributed by atoms with E-state index in [9.17, 15) is 9.90 Å². The van der Waals surface area contributed by atoms with E-state index in [0.717, 1.165) is 6.42 Å². The predicted molar refractivity (Wildman–Crippen MR) is 65.1 cm³/mol. The Balaban J connectivity index is 2.37. The van der Waals surface area contributed by atoms with Crippen LogP contribution in [0.5, 0.6) is 0 Å². The molecule has 0 aromatic carbocycles. The minimum atomic E-state index is -0.286. The summed E-state index contributed by atoms with van der Waals surface area (Å²) in [4.78, 5) is 11.1. The maximum atomic E-state index is 11.1. The van der Waals surface area contributed by atoms with Crippen LogP contribution >= 0.6 is 11.3 Å². The summed E-state index contributed by atoms with van der Waals surface area (Å²) in [5.41, 5.74) is 1.19. The molecule has 0 aliphatic rings. The molecule has 1 aromatic heterocycles. The number of amides is 1. The molecule has 0 aliphatic heterocycles. The molecular weight excluding hydrogens is 222 g/mol. The van der Waals surface area contributed by atoms with Gasteiger partial charge in [0, 0.05) is 19.1 Å². The summed E-state index contributed by atoms with van der Waals surface area (Å²) in [5.74, 6) is 4.70. The SMILES string of the molecule is CC#CC(=O)NCC(CO)Cc1ccsc1. The van der Waals surface area contributed by atoms with Crippen LogP contribution in [-0.2, 0) is 11.2 Å². The van der Waals surface area contributed by atoms with E-state index >= 15 is 0 Å². The quantitative estimate of drug-likeness (QED) is 0.752. The van der Waals surface area contributed by atoms with E-state index in [1.807, 2.05) is 11.4 Å². The lowest BCUT2D eigenvalue weighted by atomic mass is 10.0. The zero-order valence-electron chi connectivity index (χ0n) is 9.19. The minimum Gasteiger partial charge on any atom is -0.396 e. The van der Waals surface area contributed by atoms with Crippen molar-refractivity contribution in [2.24, 2.45) is 5.92 Å². The van der Waals surface area contributed by atoms with Gasteiger partial charge in [0.1, 0.15) is 0 Å². The van der Waals surface area contributed by atoms with Gasteiger partial charge in [0.25, 0.3) is 5.91 Å². The number of aliphatic hydroxyl groups is 1. The number of aliphatic hydroxyl groups excluding tert-OH is 1. The highest BCUT2D eigenvalue weighted by atomic mass is 32.1. The molecule has 4 heteroatoms. The molecular formula is C12H15NO2S. The lowest BCUT2D eigenvalue weighted by molar-refractivity contribution is -0.115. The summed E-state index contributed by atoms with van der Waals surface area (Å²) in [6, 6.07) is 2.03. The van der Waals surface area contributed by atoms with E-state index in [2.05, 4.69) is 22.5 Å². The van der Waals surface area contributed by atoms with Gasteiger partial charge in [0.15, 0.2) is 0 Å². The van der Waals surface area contributed by atoms with Crippen molar-refractivity contribution in [1.82, 2.24) is 5.32 Å². The smallest absolute Gasteiger partial charge is 0.295 e. The lowest BCUT2D eigenvalue weighted by Gasteiger charge is -2.12. The zero-order valence-corrected chi connectivity index (χ0v) is 10.0. The van der Waals surface area contributed by atoms with Gasteiger partial charge in [0.05, 0.1) is 0 Å². The second-order valence-corrected chi connectivity index (χ2v) is 4.25. The highest BCUT2D eigenvalue weighted by molar-refractivity contribution is 7.07. The number of hydrogen-bond acceptors (Lipinski definition) is 3. The van der Waals surface area contributed by atoms with Gasteiger partial charge in [-0.05, 0) is 41.7 Å². The fourth-order valence-corrected chi connectivity index (χ4v) is 2.02. The Morgan fingerprint density at radius 1 is 1.69 bits per heavy atom. The van der Waals surface area contributed by atoms with Crippen molar-refractivity contribution in [3.05, 3.63) is 22.4 Å². The van der Waals surface area contributed by atoms with Crippen molar-refractivity contribution in [3.63, 3.8) is 0 Å². The van der Waals surface area contributed by atoms with Crippen molar-refractivity contribution in [2.45, 2.75) is 13.3 Å². The first-order valence-electron chi connectivity index (χ1n) is 5.08. The first kappa shape index (κ1) is 12.8. The summed E-state index contributed by atoms with van der Waals surface area (Å²) >= 11 is 1.63. The molecule has 2 N–H and O–H groups in total. The van der Waals surface area contributed by atoms with Crippen LogP contribution in [0.2, 0.25) is 0 Å². The molecule has 1 heterocycles. The van der Waals surface area contributed by atoms with E-state index in [0.29, 0.717) is 6.54 Å². The normalized spacial score (nSPS) is 11.4. The maximum absolute atomic E-state index is 11.1. The van der Waals surface area contributed by atoms with Gasteiger partial charge in [-0.25, -0.2) is 0 Å². The fourth-order valence-electron chi connectivity index (χ4n) is 1.34. The van der Waals surface area contributed by atoms with Crippen molar-refractivity contribution in [2.75, 3.05) is 13.2 Å². The molecule has 0 aliphatic carbocycles. The van der Waals surface area contributed by atoms with Crippen LogP contribution in [0, 0.1) is 17.8 Å². The summed E-state index contributed by atoms with van der Waals surface area (Å²) < 4.78 is 0. The number of hydrogen-bond donors (Lipinski definition) is 2. The van der Waals surface area contributed by atoms with Crippen molar-refractivity contribution < 1.29 is 9.90 Å². The number of nitrogens with one attached hydrogen (secondary N) is 1. The van der Waals surface area contributed by atoms with Crippen LogP contribution in [0.15, 0.2) is 16.8 Å². The molecule has 0 saturated heterocycles. The molecule has 86 valence electrons. The Hall–Kier alpha value is -1.31. The molecule has 1 atom stereocenters. The summed E-state index contributed by atoms with van der Waals surface area (Å²) in [7, 11) is 0. The van der Waals surface area contributed by atoms with Crippen LogP contribution in [0.1, 0.15) is 12.5 Å². The molecule has 3 nitrogen and oxygen atoms in total. The molecule has 1 rings (SSSR count). The Morgan fingerprint density at radius 2 is 2.50 bits per heavy atom. The minimum absolute atomic E-state index is 0.0530. The molecule has 0 bridgehead atoms. The van der Waals surface area contributed by atoms with Gasteiger partial charge >= 0.3 is 0 Å². The van der Waals surface area contributed by atoms with Gasteiger partial charge in [-0.1, -0.05) is 5.92 Å². The van der Waals surface area contributed by atoms with Gasteiger partial charge in [-0.2, -0.15) is 11.3 Å². The number of carbonyl (C=O) groups excluding carboxylic acids is 1. The predicted octanol–water partition coefficient (Wildman–Crippen LogP) is 1.04. The third kappa shape index (κ3) is 4.47. The Labute approximate surface area is 99.5 Å². The summed E-state index contributed by atoms with van der Waals surface area (Å²) in [5, 5.41) is 15.9. The van der Waals surface area contributed by atoms with E-state index in [1.165, 1.54) is 5.56 Å².